The lowest BCUT2D eigenvalue weighted by molar-refractivity contribution is 0.0691. The van der Waals surface area contributed by atoms with E-state index in [1.54, 1.807) is 0 Å². The fourth-order valence-electron chi connectivity index (χ4n) is 2.70. The predicted molar refractivity (Wildman–Crippen MR) is 46.6 cm³/mol. The minimum absolute atomic E-state index is 0. The van der Waals surface area contributed by atoms with E-state index in [4.69, 9.17) is 9.47 Å². The summed E-state index contributed by atoms with van der Waals surface area (Å²) in [6.45, 7) is 5.79. The van der Waals surface area contributed by atoms with Crippen molar-refractivity contribution < 1.29 is 9.47 Å². The standard InChI is InChI=1S/C8H13NO2.ClH/c1-7-3-10-5-8(7,2-9-1)6-11-4-7;/h9H,1-6H2;1H. The van der Waals surface area contributed by atoms with Crippen LogP contribution in [0.15, 0.2) is 0 Å². The molecule has 3 fully saturated rings. The molecule has 3 heterocycles. The molecule has 3 rings (SSSR count). The lowest BCUT2D eigenvalue weighted by Crippen LogP contribution is -2.38. The Hall–Kier alpha value is 0.170. The summed E-state index contributed by atoms with van der Waals surface area (Å²) >= 11 is 0. The van der Waals surface area contributed by atoms with E-state index in [1.165, 1.54) is 0 Å². The van der Waals surface area contributed by atoms with Crippen LogP contribution in [0.3, 0.4) is 0 Å². The first-order valence-corrected chi connectivity index (χ1v) is 4.23. The Morgan fingerprint density at radius 3 is 1.67 bits per heavy atom. The molecule has 0 bridgehead atoms. The SMILES string of the molecule is C1NCC23COCC12COC3.Cl. The van der Waals surface area contributed by atoms with E-state index in [2.05, 4.69) is 5.32 Å². The Morgan fingerprint density at radius 2 is 1.25 bits per heavy atom. The molecule has 0 aromatic carbocycles. The summed E-state index contributed by atoms with van der Waals surface area (Å²) in [4.78, 5) is 0. The van der Waals surface area contributed by atoms with Crippen molar-refractivity contribution in [2.45, 2.75) is 0 Å². The summed E-state index contributed by atoms with van der Waals surface area (Å²) < 4.78 is 11.1. The third-order valence-electron chi connectivity index (χ3n) is 3.57. The summed E-state index contributed by atoms with van der Waals surface area (Å²) in [5, 5.41) is 3.45. The molecule has 1 N–H and O–H groups in total. The highest BCUT2D eigenvalue weighted by Crippen LogP contribution is 2.52. The molecule has 70 valence electrons. The van der Waals surface area contributed by atoms with Crippen LogP contribution in [-0.4, -0.2) is 39.5 Å². The Kier molecular flexibility index (Phi) is 1.88. The summed E-state index contributed by atoms with van der Waals surface area (Å²) in [6.07, 6.45) is 0. The lowest BCUT2D eigenvalue weighted by atomic mass is 9.71. The quantitative estimate of drug-likeness (QED) is 0.587. The molecule has 4 heteroatoms. The smallest absolute Gasteiger partial charge is 0.0564 e. The summed E-state index contributed by atoms with van der Waals surface area (Å²) in [6, 6.07) is 0. The molecular formula is C8H14ClNO2. The Labute approximate surface area is 78.2 Å². The molecule has 3 saturated heterocycles. The van der Waals surface area contributed by atoms with Crippen molar-refractivity contribution in [2.24, 2.45) is 10.8 Å². The van der Waals surface area contributed by atoms with Crippen LogP contribution >= 0.6 is 12.4 Å². The Morgan fingerprint density at radius 1 is 0.833 bits per heavy atom. The van der Waals surface area contributed by atoms with Gasteiger partial charge in [-0.05, 0) is 0 Å². The molecular weight excluding hydrogens is 178 g/mol. The van der Waals surface area contributed by atoms with E-state index in [1.807, 2.05) is 0 Å². The molecule has 3 aliphatic heterocycles. The Balaban J connectivity index is 0.000000563. The number of hydrogen-bond donors (Lipinski definition) is 1. The number of ether oxygens (including phenoxy) is 2. The van der Waals surface area contributed by atoms with E-state index in [9.17, 15) is 0 Å². The average molecular weight is 192 g/mol. The van der Waals surface area contributed by atoms with Gasteiger partial charge in [-0.15, -0.1) is 12.4 Å². The fraction of sp³-hybridized carbons (Fsp3) is 1.00. The zero-order valence-electron chi connectivity index (χ0n) is 6.97. The maximum Gasteiger partial charge on any atom is 0.0564 e. The largest absolute Gasteiger partial charge is 0.380 e. The van der Waals surface area contributed by atoms with Crippen LogP contribution in [0.25, 0.3) is 0 Å². The second-order valence-electron chi connectivity index (χ2n) is 4.15. The normalized spacial score (nSPS) is 50.0. The van der Waals surface area contributed by atoms with E-state index in [0.717, 1.165) is 39.5 Å². The first-order valence-electron chi connectivity index (χ1n) is 4.23. The van der Waals surface area contributed by atoms with Crippen molar-refractivity contribution in [3.63, 3.8) is 0 Å². The van der Waals surface area contributed by atoms with Crippen molar-refractivity contribution in [3.05, 3.63) is 0 Å². The fourth-order valence-corrected chi connectivity index (χ4v) is 2.70. The first-order chi connectivity index (χ1) is 5.37. The van der Waals surface area contributed by atoms with E-state index < -0.39 is 0 Å². The molecule has 0 atom stereocenters. The van der Waals surface area contributed by atoms with Gasteiger partial charge in [0, 0.05) is 23.9 Å². The second-order valence-corrected chi connectivity index (χ2v) is 4.15. The minimum Gasteiger partial charge on any atom is -0.380 e. The van der Waals surface area contributed by atoms with Gasteiger partial charge in [0.1, 0.15) is 0 Å². The highest BCUT2D eigenvalue weighted by molar-refractivity contribution is 5.85. The van der Waals surface area contributed by atoms with Gasteiger partial charge in [0.2, 0.25) is 0 Å². The van der Waals surface area contributed by atoms with Crippen molar-refractivity contribution in [1.82, 2.24) is 5.32 Å². The number of rotatable bonds is 0. The van der Waals surface area contributed by atoms with Gasteiger partial charge in [0.05, 0.1) is 26.4 Å². The van der Waals surface area contributed by atoms with Crippen LogP contribution in [-0.2, 0) is 9.47 Å². The summed E-state index contributed by atoms with van der Waals surface area (Å²) in [7, 11) is 0. The van der Waals surface area contributed by atoms with Crippen LogP contribution in [0, 0.1) is 10.8 Å². The molecule has 0 aromatic rings. The van der Waals surface area contributed by atoms with E-state index in [0.29, 0.717) is 10.8 Å². The van der Waals surface area contributed by atoms with Gasteiger partial charge < -0.3 is 14.8 Å². The average Bonchev–Trinajstić information content (AvgIpc) is 2.40. The number of hydrogen-bond acceptors (Lipinski definition) is 3. The zero-order valence-corrected chi connectivity index (χ0v) is 7.78. The molecule has 0 unspecified atom stereocenters. The van der Waals surface area contributed by atoms with Crippen molar-refractivity contribution in [1.29, 1.82) is 0 Å². The van der Waals surface area contributed by atoms with Gasteiger partial charge in [0.15, 0.2) is 0 Å². The van der Waals surface area contributed by atoms with Crippen molar-refractivity contribution >= 4 is 12.4 Å². The van der Waals surface area contributed by atoms with Gasteiger partial charge in [-0.3, -0.25) is 0 Å². The number of halogens is 1. The maximum absolute atomic E-state index is 5.54. The molecule has 0 aliphatic carbocycles. The second kappa shape index (κ2) is 2.58. The lowest BCUT2D eigenvalue weighted by Gasteiger charge is -2.26. The minimum atomic E-state index is 0. The van der Waals surface area contributed by atoms with Gasteiger partial charge >= 0.3 is 0 Å². The van der Waals surface area contributed by atoms with Crippen LogP contribution < -0.4 is 5.32 Å². The van der Waals surface area contributed by atoms with Crippen LogP contribution in [0.2, 0.25) is 0 Å². The number of nitrogens with one attached hydrogen (secondary N) is 1. The van der Waals surface area contributed by atoms with Crippen LogP contribution in [0.5, 0.6) is 0 Å². The van der Waals surface area contributed by atoms with Crippen molar-refractivity contribution in [2.75, 3.05) is 39.5 Å². The monoisotopic (exact) mass is 191 g/mol. The van der Waals surface area contributed by atoms with Crippen LogP contribution in [0.1, 0.15) is 0 Å². The summed E-state index contributed by atoms with van der Waals surface area (Å²) in [5.74, 6) is 0. The summed E-state index contributed by atoms with van der Waals surface area (Å²) in [5.41, 5.74) is 0.681. The van der Waals surface area contributed by atoms with Gasteiger partial charge in [0.25, 0.3) is 0 Å². The molecule has 0 aromatic heterocycles. The molecule has 0 radical (unpaired) electrons. The predicted octanol–water partition coefficient (Wildman–Crippen LogP) is 0.0446. The highest BCUT2D eigenvalue weighted by atomic mass is 35.5. The van der Waals surface area contributed by atoms with E-state index >= 15 is 0 Å². The first kappa shape index (κ1) is 8.75. The molecule has 0 amide bonds. The Bertz CT molecular complexity index is 150. The van der Waals surface area contributed by atoms with Gasteiger partial charge in [-0.1, -0.05) is 0 Å². The highest BCUT2D eigenvalue weighted by Gasteiger charge is 2.62. The van der Waals surface area contributed by atoms with Crippen molar-refractivity contribution in [3.8, 4) is 0 Å². The third kappa shape index (κ3) is 0.777. The molecule has 12 heavy (non-hydrogen) atoms. The topological polar surface area (TPSA) is 30.5 Å². The van der Waals surface area contributed by atoms with Gasteiger partial charge in [-0.2, -0.15) is 0 Å². The van der Waals surface area contributed by atoms with Crippen LogP contribution in [0.4, 0.5) is 0 Å². The molecule has 3 aliphatic rings. The molecule has 3 nitrogen and oxygen atoms in total. The maximum atomic E-state index is 5.54. The molecule has 0 saturated carbocycles. The van der Waals surface area contributed by atoms with E-state index in [-0.39, 0.29) is 12.4 Å². The molecule has 0 spiro atoms. The van der Waals surface area contributed by atoms with Gasteiger partial charge in [-0.25, -0.2) is 0 Å². The zero-order chi connectivity index (χ0) is 7.36. The third-order valence-corrected chi connectivity index (χ3v) is 3.57.